The van der Waals surface area contributed by atoms with Gasteiger partial charge in [0.15, 0.2) is 0 Å². The molecule has 2 unspecified atom stereocenters. The number of benzene rings is 1. The minimum absolute atomic E-state index is 0.0337. The van der Waals surface area contributed by atoms with Crippen LogP contribution in [0.15, 0.2) is 36.5 Å². The number of nitrogens with one attached hydrogen (secondary N) is 1. The predicted molar refractivity (Wildman–Crippen MR) is 74.1 cm³/mol. The number of fused-ring (bicyclic) bond motifs is 1. The van der Waals surface area contributed by atoms with Gasteiger partial charge in [0.25, 0.3) is 0 Å². The zero-order valence-electron chi connectivity index (χ0n) is 11.0. The van der Waals surface area contributed by atoms with Gasteiger partial charge in [0, 0.05) is 11.6 Å². The Morgan fingerprint density at radius 1 is 1.26 bits per heavy atom. The number of para-hydroxylation sites is 1. The first kappa shape index (κ1) is 12.5. The largest absolute Gasteiger partial charge is 0.376 e. The van der Waals surface area contributed by atoms with E-state index in [0.717, 1.165) is 16.5 Å². The van der Waals surface area contributed by atoms with Crippen molar-refractivity contribution in [3.63, 3.8) is 0 Å². The molecule has 0 amide bonds. The summed E-state index contributed by atoms with van der Waals surface area (Å²) in [5.74, 6) is 0. The Kier molecular flexibility index (Phi) is 3.73. The molecule has 4 nitrogen and oxygen atoms in total. The number of hydrogen-bond donors (Lipinski definition) is 1. The summed E-state index contributed by atoms with van der Waals surface area (Å²) >= 11 is 0. The quantitative estimate of drug-likeness (QED) is 0.913. The maximum atomic E-state index is 5.82. The van der Waals surface area contributed by atoms with Crippen LogP contribution in [0.5, 0.6) is 0 Å². The van der Waals surface area contributed by atoms with Gasteiger partial charge < -0.3 is 14.8 Å². The molecule has 1 aliphatic heterocycles. The van der Waals surface area contributed by atoms with E-state index in [-0.39, 0.29) is 12.1 Å². The van der Waals surface area contributed by atoms with Crippen LogP contribution in [0, 0.1) is 0 Å². The first-order valence-corrected chi connectivity index (χ1v) is 6.60. The zero-order valence-corrected chi connectivity index (χ0v) is 11.0. The highest BCUT2D eigenvalue weighted by atomic mass is 16.6. The van der Waals surface area contributed by atoms with Crippen LogP contribution in [0.1, 0.15) is 11.6 Å². The van der Waals surface area contributed by atoms with Crippen LogP contribution in [-0.2, 0) is 9.47 Å². The first-order chi connectivity index (χ1) is 9.40. The lowest BCUT2D eigenvalue weighted by Crippen LogP contribution is -2.39. The molecule has 1 aromatic carbocycles. The molecule has 0 spiro atoms. The topological polar surface area (TPSA) is 43.4 Å². The fraction of sp³-hybridized carbons (Fsp3) is 0.400. The van der Waals surface area contributed by atoms with Crippen molar-refractivity contribution >= 4 is 10.9 Å². The van der Waals surface area contributed by atoms with Gasteiger partial charge in [-0.15, -0.1) is 0 Å². The normalized spacial score (nSPS) is 21.4. The number of aromatic nitrogens is 1. The number of likely N-dealkylation sites (N-methyl/N-ethyl adjacent to an activating group) is 1. The van der Waals surface area contributed by atoms with Crippen molar-refractivity contribution in [2.45, 2.75) is 12.1 Å². The van der Waals surface area contributed by atoms with Crippen molar-refractivity contribution in [2.24, 2.45) is 0 Å². The smallest absolute Gasteiger partial charge is 0.100 e. The number of rotatable bonds is 3. The monoisotopic (exact) mass is 258 g/mol. The molecule has 1 aromatic heterocycles. The standard InChI is InChI=1S/C15H18N2O2/c1-16-15(13-10-18-8-9-19-13)12-6-2-4-11-5-3-7-17-14(11)12/h2-7,13,15-16H,8-10H2,1H3. The fourth-order valence-corrected chi connectivity index (χ4v) is 2.62. The molecule has 100 valence electrons. The molecular formula is C15H18N2O2. The van der Waals surface area contributed by atoms with Crippen molar-refractivity contribution in [3.05, 3.63) is 42.1 Å². The Hall–Kier alpha value is -1.49. The van der Waals surface area contributed by atoms with Gasteiger partial charge in [-0.2, -0.15) is 0 Å². The third kappa shape index (κ3) is 2.47. The fourth-order valence-electron chi connectivity index (χ4n) is 2.62. The van der Waals surface area contributed by atoms with E-state index in [1.807, 2.05) is 19.3 Å². The SMILES string of the molecule is CNC(c1cccc2cccnc12)C1COCCO1. The van der Waals surface area contributed by atoms with Crippen LogP contribution < -0.4 is 5.32 Å². The predicted octanol–water partition coefficient (Wildman–Crippen LogP) is 1.91. The van der Waals surface area contributed by atoms with Gasteiger partial charge in [0.1, 0.15) is 6.10 Å². The molecule has 0 radical (unpaired) electrons. The molecular weight excluding hydrogens is 240 g/mol. The Morgan fingerprint density at radius 2 is 2.16 bits per heavy atom. The van der Waals surface area contributed by atoms with E-state index >= 15 is 0 Å². The molecule has 2 aromatic rings. The van der Waals surface area contributed by atoms with E-state index in [0.29, 0.717) is 19.8 Å². The molecule has 0 aliphatic carbocycles. The van der Waals surface area contributed by atoms with Crippen LogP contribution >= 0.6 is 0 Å². The molecule has 1 saturated heterocycles. The summed E-state index contributed by atoms with van der Waals surface area (Å²) in [4.78, 5) is 4.51. The summed E-state index contributed by atoms with van der Waals surface area (Å²) < 4.78 is 11.3. The maximum absolute atomic E-state index is 5.82. The van der Waals surface area contributed by atoms with Gasteiger partial charge >= 0.3 is 0 Å². The van der Waals surface area contributed by atoms with E-state index in [4.69, 9.17) is 9.47 Å². The first-order valence-electron chi connectivity index (χ1n) is 6.60. The van der Waals surface area contributed by atoms with Gasteiger partial charge in [-0.3, -0.25) is 4.98 Å². The highest BCUT2D eigenvalue weighted by Gasteiger charge is 2.26. The Bertz CT molecular complexity index is 547. The van der Waals surface area contributed by atoms with Crippen LogP contribution in [-0.4, -0.2) is 38.0 Å². The Labute approximate surface area is 112 Å². The van der Waals surface area contributed by atoms with E-state index in [1.165, 1.54) is 0 Å². The van der Waals surface area contributed by atoms with Crippen LogP contribution in [0.3, 0.4) is 0 Å². The highest BCUT2D eigenvalue weighted by Crippen LogP contribution is 2.27. The molecule has 1 aliphatic rings. The van der Waals surface area contributed by atoms with E-state index in [9.17, 15) is 0 Å². The second-order valence-electron chi connectivity index (χ2n) is 4.67. The molecule has 2 heterocycles. The Morgan fingerprint density at radius 3 is 2.95 bits per heavy atom. The molecule has 1 fully saturated rings. The van der Waals surface area contributed by atoms with Crippen molar-refractivity contribution in [2.75, 3.05) is 26.9 Å². The second-order valence-corrected chi connectivity index (χ2v) is 4.67. The van der Waals surface area contributed by atoms with Crippen LogP contribution in [0.25, 0.3) is 10.9 Å². The van der Waals surface area contributed by atoms with Gasteiger partial charge in [-0.25, -0.2) is 0 Å². The molecule has 0 bridgehead atoms. The Balaban J connectivity index is 2.00. The molecule has 4 heteroatoms. The van der Waals surface area contributed by atoms with Crippen molar-refractivity contribution in [1.29, 1.82) is 0 Å². The average molecular weight is 258 g/mol. The number of pyridine rings is 1. The van der Waals surface area contributed by atoms with Crippen LogP contribution in [0.4, 0.5) is 0 Å². The lowest BCUT2D eigenvalue weighted by atomic mass is 9.98. The summed E-state index contributed by atoms with van der Waals surface area (Å²) in [6, 6.07) is 10.4. The van der Waals surface area contributed by atoms with Gasteiger partial charge in [-0.1, -0.05) is 24.3 Å². The maximum Gasteiger partial charge on any atom is 0.100 e. The molecule has 1 N–H and O–H groups in total. The van der Waals surface area contributed by atoms with Gasteiger partial charge in [-0.05, 0) is 18.7 Å². The minimum atomic E-state index is 0.0337. The zero-order chi connectivity index (χ0) is 13.1. The lowest BCUT2D eigenvalue weighted by molar-refractivity contribution is -0.101. The number of ether oxygens (including phenoxy) is 2. The minimum Gasteiger partial charge on any atom is -0.376 e. The lowest BCUT2D eigenvalue weighted by Gasteiger charge is -2.30. The third-order valence-corrected chi connectivity index (χ3v) is 3.52. The summed E-state index contributed by atoms with van der Waals surface area (Å²) in [6.07, 6.45) is 1.86. The van der Waals surface area contributed by atoms with Gasteiger partial charge in [0.2, 0.25) is 0 Å². The van der Waals surface area contributed by atoms with E-state index in [2.05, 4.69) is 34.6 Å². The van der Waals surface area contributed by atoms with E-state index in [1.54, 1.807) is 0 Å². The number of hydrogen-bond acceptors (Lipinski definition) is 4. The third-order valence-electron chi connectivity index (χ3n) is 3.52. The van der Waals surface area contributed by atoms with Crippen molar-refractivity contribution < 1.29 is 9.47 Å². The molecule has 0 saturated carbocycles. The molecule has 19 heavy (non-hydrogen) atoms. The highest BCUT2D eigenvalue weighted by molar-refractivity contribution is 5.82. The molecule has 3 rings (SSSR count). The van der Waals surface area contributed by atoms with Gasteiger partial charge in [0.05, 0.1) is 31.4 Å². The van der Waals surface area contributed by atoms with E-state index < -0.39 is 0 Å². The second kappa shape index (κ2) is 5.65. The summed E-state index contributed by atoms with van der Waals surface area (Å²) in [7, 11) is 1.95. The van der Waals surface area contributed by atoms with Crippen molar-refractivity contribution in [1.82, 2.24) is 10.3 Å². The summed E-state index contributed by atoms with van der Waals surface area (Å²) in [5.41, 5.74) is 2.19. The molecule has 2 atom stereocenters. The van der Waals surface area contributed by atoms with Crippen molar-refractivity contribution in [3.8, 4) is 0 Å². The van der Waals surface area contributed by atoms with Crippen LogP contribution in [0.2, 0.25) is 0 Å². The number of nitrogens with zero attached hydrogens (tertiary/aromatic N) is 1. The summed E-state index contributed by atoms with van der Waals surface area (Å²) in [6.45, 7) is 1.95. The summed E-state index contributed by atoms with van der Waals surface area (Å²) in [5, 5.41) is 4.49. The average Bonchev–Trinajstić information content (AvgIpc) is 2.49.